The summed E-state index contributed by atoms with van der Waals surface area (Å²) in [5, 5.41) is 3.96. The van der Waals surface area contributed by atoms with Gasteiger partial charge in [0.25, 0.3) is 5.56 Å². The van der Waals surface area contributed by atoms with Gasteiger partial charge in [-0.1, -0.05) is 18.2 Å². The number of thiophene rings is 1. The van der Waals surface area contributed by atoms with E-state index in [-0.39, 0.29) is 24.7 Å². The Kier molecular flexibility index (Phi) is 5.26. The van der Waals surface area contributed by atoms with Crippen LogP contribution in [0.4, 0.5) is 17.1 Å². The van der Waals surface area contributed by atoms with Gasteiger partial charge < -0.3 is 27.1 Å². The van der Waals surface area contributed by atoms with Gasteiger partial charge >= 0.3 is 0 Å². The predicted octanol–water partition coefficient (Wildman–Crippen LogP) is 2.99. The smallest absolute Gasteiger partial charge is 0.274 e. The van der Waals surface area contributed by atoms with E-state index >= 15 is 0 Å². The number of hydrogen-bond acceptors (Lipinski definition) is 6. The topological polar surface area (TPSA) is 129 Å². The van der Waals surface area contributed by atoms with Crippen LogP contribution in [0.25, 0.3) is 20.5 Å². The molecule has 7 nitrogen and oxygen atoms in total. The Morgan fingerprint density at radius 3 is 2.63 bits per heavy atom. The van der Waals surface area contributed by atoms with Crippen molar-refractivity contribution in [1.29, 1.82) is 0 Å². The predicted molar refractivity (Wildman–Crippen MR) is 123 cm³/mol. The zero-order valence-electron chi connectivity index (χ0n) is 16.1. The molecular weight excluding hydrogens is 398 g/mol. The number of hydrogen-bond donors (Lipinski definition) is 4. The first-order valence-corrected chi connectivity index (χ1v) is 10.1. The van der Waals surface area contributed by atoms with Crippen LogP contribution in [0.1, 0.15) is 5.56 Å². The lowest BCUT2D eigenvalue weighted by atomic mass is 10.0. The van der Waals surface area contributed by atoms with Crippen molar-refractivity contribution in [2.24, 2.45) is 5.73 Å². The number of benzene rings is 2. The molecule has 30 heavy (non-hydrogen) atoms. The Labute approximate surface area is 176 Å². The maximum atomic E-state index is 12.5. The molecular formula is C22H21N5O2S. The van der Waals surface area contributed by atoms with Crippen LogP contribution in [0.5, 0.6) is 0 Å². The first-order valence-electron chi connectivity index (χ1n) is 9.32. The van der Waals surface area contributed by atoms with Crippen LogP contribution in [-0.2, 0) is 17.9 Å². The summed E-state index contributed by atoms with van der Waals surface area (Å²) in [6.07, 6.45) is 1.52. The van der Waals surface area contributed by atoms with Crippen LogP contribution in [-0.4, -0.2) is 10.5 Å². The number of carbonyl (C=O) groups excluding carboxylic acids is 1. The highest BCUT2D eigenvalue weighted by molar-refractivity contribution is 7.22. The molecule has 2 aromatic carbocycles. The number of nitrogen functional groups attached to an aromatic ring is 2. The SMILES string of the molecule is NCc1cc(NC(=O)Cn2cccc(N)c2=O)cc(-c2cc3ccccc3s2)c1N. The Bertz CT molecular complexity index is 1280. The Balaban J connectivity index is 1.67. The third-order valence-electron chi connectivity index (χ3n) is 4.82. The molecule has 0 saturated carbocycles. The number of rotatable bonds is 5. The van der Waals surface area contributed by atoms with Crippen molar-refractivity contribution < 1.29 is 4.79 Å². The van der Waals surface area contributed by atoms with Crippen molar-refractivity contribution >= 4 is 44.4 Å². The minimum Gasteiger partial charge on any atom is -0.398 e. The minimum atomic E-state index is -0.404. The molecule has 0 bridgehead atoms. The van der Waals surface area contributed by atoms with Crippen LogP contribution in [0.15, 0.2) is 65.6 Å². The lowest BCUT2D eigenvalue weighted by Gasteiger charge is -2.14. The molecule has 0 spiro atoms. The summed E-state index contributed by atoms with van der Waals surface area (Å²) < 4.78 is 2.41. The van der Waals surface area contributed by atoms with Gasteiger partial charge in [0, 0.05) is 39.3 Å². The minimum absolute atomic E-state index is 0.0928. The summed E-state index contributed by atoms with van der Waals surface area (Å²) >= 11 is 1.62. The molecule has 4 rings (SSSR count). The summed E-state index contributed by atoms with van der Waals surface area (Å²) in [6.45, 7) is 0.0898. The average Bonchev–Trinajstić information content (AvgIpc) is 3.16. The number of fused-ring (bicyclic) bond motifs is 1. The molecule has 0 aliphatic carbocycles. The van der Waals surface area contributed by atoms with Crippen LogP contribution >= 0.6 is 11.3 Å². The van der Waals surface area contributed by atoms with Gasteiger partial charge in [-0.05, 0) is 47.3 Å². The van der Waals surface area contributed by atoms with E-state index in [0.29, 0.717) is 11.4 Å². The Morgan fingerprint density at radius 2 is 1.87 bits per heavy atom. The highest BCUT2D eigenvalue weighted by atomic mass is 32.1. The monoisotopic (exact) mass is 419 g/mol. The van der Waals surface area contributed by atoms with E-state index in [4.69, 9.17) is 17.2 Å². The Hall–Kier alpha value is -3.62. The molecule has 152 valence electrons. The van der Waals surface area contributed by atoms with Crippen molar-refractivity contribution in [3.63, 3.8) is 0 Å². The standard InChI is InChI=1S/C22H21N5O2S/c23-11-14-8-15(26-20(28)12-27-7-3-5-17(24)22(27)29)10-16(21(14)25)19-9-13-4-1-2-6-18(13)30-19/h1-10H,11-12,23-25H2,(H,26,28). The molecule has 0 unspecified atom stereocenters. The first-order chi connectivity index (χ1) is 14.5. The quantitative estimate of drug-likeness (QED) is 0.370. The molecule has 2 heterocycles. The molecule has 0 saturated heterocycles. The highest BCUT2D eigenvalue weighted by Gasteiger charge is 2.14. The van der Waals surface area contributed by atoms with E-state index < -0.39 is 5.56 Å². The number of nitrogens with one attached hydrogen (secondary N) is 1. The highest BCUT2D eigenvalue weighted by Crippen LogP contribution is 2.39. The van der Waals surface area contributed by atoms with E-state index in [1.807, 2.05) is 24.3 Å². The number of nitrogens with two attached hydrogens (primary N) is 3. The fourth-order valence-corrected chi connectivity index (χ4v) is 4.40. The summed E-state index contributed by atoms with van der Waals surface area (Å²) in [6, 6.07) is 16.9. The summed E-state index contributed by atoms with van der Waals surface area (Å²) in [5.41, 5.74) is 20.3. The molecule has 7 N–H and O–H groups in total. The van der Waals surface area contributed by atoms with Crippen LogP contribution in [0.3, 0.4) is 0 Å². The number of anilines is 3. The van der Waals surface area contributed by atoms with Gasteiger partial charge in [0.15, 0.2) is 0 Å². The summed E-state index contributed by atoms with van der Waals surface area (Å²) in [7, 11) is 0. The second kappa shape index (κ2) is 8.02. The Morgan fingerprint density at radius 1 is 1.07 bits per heavy atom. The maximum Gasteiger partial charge on any atom is 0.274 e. The fourth-order valence-electron chi connectivity index (χ4n) is 3.31. The van der Waals surface area contributed by atoms with Crippen LogP contribution in [0.2, 0.25) is 0 Å². The molecule has 0 aliphatic rings. The lowest BCUT2D eigenvalue weighted by molar-refractivity contribution is -0.116. The van der Waals surface area contributed by atoms with Crippen LogP contribution < -0.4 is 28.1 Å². The van der Waals surface area contributed by atoms with Gasteiger partial charge in [-0.2, -0.15) is 0 Å². The van der Waals surface area contributed by atoms with Crippen LogP contribution in [0, 0.1) is 0 Å². The van der Waals surface area contributed by atoms with Gasteiger partial charge in [0.2, 0.25) is 5.91 Å². The van der Waals surface area contributed by atoms with Crippen molar-refractivity contribution in [2.45, 2.75) is 13.1 Å². The number of nitrogens with zero attached hydrogens (tertiary/aromatic N) is 1. The zero-order chi connectivity index (χ0) is 21.3. The number of aromatic nitrogens is 1. The lowest BCUT2D eigenvalue weighted by Crippen LogP contribution is -2.28. The van der Waals surface area contributed by atoms with Crippen molar-refractivity contribution in [2.75, 3.05) is 16.8 Å². The van der Waals surface area contributed by atoms with Crippen molar-refractivity contribution in [1.82, 2.24) is 4.57 Å². The molecule has 2 aromatic heterocycles. The molecule has 8 heteroatoms. The second-order valence-corrected chi connectivity index (χ2v) is 7.98. The molecule has 0 aliphatic heterocycles. The molecule has 0 atom stereocenters. The van der Waals surface area contributed by atoms with E-state index in [9.17, 15) is 9.59 Å². The third-order valence-corrected chi connectivity index (χ3v) is 5.97. The van der Waals surface area contributed by atoms with E-state index in [2.05, 4.69) is 17.4 Å². The molecule has 0 radical (unpaired) electrons. The van der Waals surface area contributed by atoms with Crippen molar-refractivity contribution in [3.05, 3.63) is 76.7 Å². The zero-order valence-corrected chi connectivity index (χ0v) is 16.9. The maximum absolute atomic E-state index is 12.5. The average molecular weight is 420 g/mol. The third kappa shape index (κ3) is 3.78. The summed E-state index contributed by atoms with van der Waals surface area (Å²) in [4.78, 5) is 25.6. The second-order valence-electron chi connectivity index (χ2n) is 6.89. The van der Waals surface area contributed by atoms with Gasteiger partial charge in [-0.3, -0.25) is 9.59 Å². The van der Waals surface area contributed by atoms with E-state index in [1.165, 1.54) is 16.8 Å². The number of carbonyl (C=O) groups is 1. The van der Waals surface area contributed by atoms with Gasteiger partial charge in [0.1, 0.15) is 6.54 Å². The van der Waals surface area contributed by atoms with Gasteiger partial charge in [0.05, 0.1) is 5.69 Å². The van der Waals surface area contributed by atoms with Gasteiger partial charge in [-0.25, -0.2) is 0 Å². The van der Waals surface area contributed by atoms with E-state index in [1.54, 1.807) is 23.5 Å². The van der Waals surface area contributed by atoms with E-state index in [0.717, 1.165) is 26.1 Å². The number of pyridine rings is 1. The molecule has 4 aromatic rings. The summed E-state index contributed by atoms with van der Waals surface area (Å²) in [5.74, 6) is -0.349. The number of amides is 1. The first kappa shape index (κ1) is 19.7. The fraction of sp³-hybridized carbons (Fsp3) is 0.0909. The van der Waals surface area contributed by atoms with Gasteiger partial charge in [-0.15, -0.1) is 11.3 Å². The largest absolute Gasteiger partial charge is 0.398 e. The normalized spacial score (nSPS) is 11.0. The van der Waals surface area contributed by atoms with Crippen molar-refractivity contribution in [3.8, 4) is 10.4 Å². The molecule has 1 amide bonds. The molecule has 0 fully saturated rings.